The van der Waals surface area contributed by atoms with Gasteiger partial charge in [0.05, 0.1) is 12.9 Å². The number of ether oxygens (including phenoxy) is 2. The van der Waals surface area contributed by atoms with Crippen LogP contribution in [0.1, 0.15) is 58.0 Å². The molecule has 0 spiro atoms. The number of carbonyl (C=O) groups is 2. The molecule has 4 rings (SSSR count). The molecule has 2 unspecified atom stereocenters. The maximum absolute atomic E-state index is 12.1. The molecule has 0 saturated carbocycles. The van der Waals surface area contributed by atoms with Crippen molar-refractivity contribution >= 4 is 29.0 Å². The minimum atomic E-state index is -0.490. The van der Waals surface area contributed by atoms with E-state index < -0.39 is 6.10 Å². The monoisotopic (exact) mass is 469 g/mol. The van der Waals surface area contributed by atoms with Gasteiger partial charge in [0.2, 0.25) is 11.7 Å². The molecule has 2 amide bonds. The van der Waals surface area contributed by atoms with Crippen LogP contribution in [0.2, 0.25) is 0 Å². The number of likely N-dealkylation sites (tertiary alicyclic amines) is 1. The van der Waals surface area contributed by atoms with Gasteiger partial charge in [0.15, 0.2) is 11.5 Å². The molecule has 2 saturated heterocycles. The lowest BCUT2D eigenvalue weighted by Gasteiger charge is -2.30. The van der Waals surface area contributed by atoms with Crippen LogP contribution in [0.3, 0.4) is 0 Å². The van der Waals surface area contributed by atoms with E-state index in [1.165, 1.54) is 0 Å². The van der Waals surface area contributed by atoms with Gasteiger partial charge in [-0.25, -0.2) is 19.7 Å². The molecule has 4 heterocycles. The molecule has 3 N–H and O–H groups in total. The Morgan fingerprint density at radius 3 is 2.76 bits per heavy atom. The third-order valence-electron chi connectivity index (χ3n) is 6.13. The Balaban J connectivity index is 1.41. The molecule has 182 valence electrons. The Morgan fingerprint density at radius 2 is 2.03 bits per heavy atom. The van der Waals surface area contributed by atoms with Crippen LogP contribution in [-0.2, 0) is 14.3 Å². The predicted octanol–water partition coefficient (Wildman–Crippen LogP) is 1.83. The normalized spacial score (nSPS) is 20.7. The van der Waals surface area contributed by atoms with Crippen LogP contribution in [0.15, 0.2) is 6.33 Å². The molecule has 0 aliphatic carbocycles. The number of hydrogen-bond donors (Lipinski definition) is 2. The molecule has 2 fully saturated rings. The predicted molar refractivity (Wildman–Crippen MR) is 124 cm³/mol. The number of amides is 2. The summed E-state index contributed by atoms with van der Waals surface area (Å²) in [5.41, 5.74) is 7.15. The summed E-state index contributed by atoms with van der Waals surface area (Å²) < 4.78 is 12.8. The second-order valence-electron chi connectivity index (χ2n) is 8.44. The van der Waals surface area contributed by atoms with Crippen molar-refractivity contribution in [3.63, 3.8) is 0 Å². The van der Waals surface area contributed by atoms with E-state index in [0.29, 0.717) is 68.4 Å². The van der Waals surface area contributed by atoms with E-state index in [4.69, 9.17) is 15.2 Å². The van der Waals surface area contributed by atoms with Gasteiger partial charge in [0.1, 0.15) is 17.8 Å². The molecule has 2 aliphatic heterocycles. The zero-order valence-electron chi connectivity index (χ0n) is 19.6. The summed E-state index contributed by atoms with van der Waals surface area (Å²) in [5.74, 6) is 7.08. The van der Waals surface area contributed by atoms with E-state index in [1.807, 2.05) is 13.8 Å². The van der Waals surface area contributed by atoms with Gasteiger partial charge in [0, 0.05) is 26.1 Å². The number of rotatable bonds is 5. The van der Waals surface area contributed by atoms with Crippen molar-refractivity contribution in [1.29, 1.82) is 0 Å². The smallest absolute Gasteiger partial charge is 0.409 e. The molecule has 0 aromatic carbocycles. The SMILES string of the molecule is CCNC(=O)C1CCC(n2cnc3c(N)nc(C#CCC4CCN(C(=O)OCC)CC4)nc32)O1. The first-order chi connectivity index (χ1) is 16.5. The number of carbonyl (C=O) groups excluding carboxylic acids is 2. The Hall–Kier alpha value is -3.39. The topological polar surface area (TPSA) is 137 Å². The van der Waals surface area contributed by atoms with E-state index in [9.17, 15) is 9.59 Å². The first-order valence-electron chi connectivity index (χ1n) is 11.8. The Labute approximate surface area is 198 Å². The van der Waals surface area contributed by atoms with Gasteiger partial charge in [-0.3, -0.25) is 9.36 Å². The number of imidazole rings is 1. The molecule has 34 heavy (non-hydrogen) atoms. The van der Waals surface area contributed by atoms with E-state index >= 15 is 0 Å². The molecule has 2 aromatic heterocycles. The average Bonchev–Trinajstić information content (AvgIpc) is 3.47. The standard InChI is InChI=1S/C23H31N7O4/c1-3-25-22(31)16-8-9-18(34-16)30-14-26-19-20(24)27-17(28-21(19)30)7-5-6-15-10-12-29(13-11-15)23(32)33-4-2/h14-16,18H,3-4,6,8-13H2,1-2H3,(H,25,31)(H2,24,27,28). The lowest BCUT2D eigenvalue weighted by Crippen LogP contribution is -2.38. The summed E-state index contributed by atoms with van der Waals surface area (Å²) in [5, 5.41) is 2.79. The van der Waals surface area contributed by atoms with Crippen LogP contribution in [-0.4, -0.2) is 68.8 Å². The fourth-order valence-corrected chi connectivity index (χ4v) is 4.32. The Kier molecular flexibility index (Phi) is 7.47. The third-order valence-corrected chi connectivity index (χ3v) is 6.13. The van der Waals surface area contributed by atoms with Crippen LogP contribution in [0.25, 0.3) is 11.2 Å². The molecule has 2 aromatic rings. The molecular formula is C23H31N7O4. The second-order valence-corrected chi connectivity index (χ2v) is 8.44. The number of nitrogens with one attached hydrogen (secondary N) is 1. The number of fused-ring (bicyclic) bond motifs is 1. The first-order valence-corrected chi connectivity index (χ1v) is 11.8. The number of aromatic nitrogens is 4. The van der Waals surface area contributed by atoms with E-state index in [1.54, 1.807) is 15.8 Å². The number of hydrogen-bond acceptors (Lipinski definition) is 8. The number of anilines is 1. The average molecular weight is 470 g/mol. The van der Waals surface area contributed by atoms with Crippen molar-refractivity contribution in [2.24, 2.45) is 5.92 Å². The van der Waals surface area contributed by atoms with Crippen molar-refractivity contribution < 1.29 is 19.1 Å². The van der Waals surface area contributed by atoms with Crippen molar-refractivity contribution in [2.45, 2.75) is 58.3 Å². The van der Waals surface area contributed by atoms with E-state index in [-0.39, 0.29) is 24.0 Å². The fraction of sp³-hybridized carbons (Fsp3) is 0.609. The summed E-state index contributed by atoms with van der Waals surface area (Å²) in [6.07, 6.45) is 4.29. The minimum Gasteiger partial charge on any atom is -0.450 e. The van der Waals surface area contributed by atoms with Gasteiger partial charge in [-0.15, -0.1) is 0 Å². The molecule has 11 nitrogen and oxygen atoms in total. The lowest BCUT2D eigenvalue weighted by atomic mass is 9.94. The van der Waals surface area contributed by atoms with Gasteiger partial charge in [-0.1, -0.05) is 5.92 Å². The zero-order valence-corrected chi connectivity index (χ0v) is 19.6. The van der Waals surface area contributed by atoms with Crippen LogP contribution < -0.4 is 11.1 Å². The van der Waals surface area contributed by atoms with Gasteiger partial charge in [-0.2, -0.15) is 0 Å². The van der Waals surface area contributed by atoms with Crippen LogP contribution >= 0.6 is 0 Å². The van der Waals surface area contributed by atoms with Gasteiger partial charge in [-0.05, 0) is 51.4 Å². The number of nitrogens with zero attached hydrogens (tertiary/aromatic N) is 5. The fourth-order valence-electron chi connectivity index (χ4n) is 4.32. The quantitative estimate of drug-likeness (QED) is 0.633. The largest absolute Gasteiger partial charge is 0.450 e. The molecule has 2 aliphatic rings. The Bertz CT molecular complexity index is 1100. The highest BCUT2D eigenvalue weighted by Gasteiger charge is 2.32. The van der Waals surface area contributed by atoms with Crippen LogP contribution in [0.4, 0.5) is 10.6 Å². The molecule has 11 heteroatoms. The van der Waals surface area contributed by atoms with E-state index in [2.05, 4.69) is 32.1 Å². The maximum atomic E-state index is 12.1. The van der Waals surface area contributed by atoms with E-state index in [0.717, 1.165) is 12.8 Å². The summed E-state index contributed by atoms with van der Waals surface area (Å²) >= 11 is 0. The van der Waals surface area contributed by atoms with Crippen molar-refractivity contribution in [1.82, 2.24) is 29.7 Å². The van der Waals surface area contributed by atoms with Gasteiger partial charge >= 0.3 is 6.09 Å². The number of likely N-dealkylation sites (N-methyl/N-ethyl adjacent to an activating group) is 1. The number of nitrogens with two attached hydrogens (primary N) is 1. The van der Waals surface area contributed by atoms with Crippen LogP contribution in [0.5, 0.6) is 0 Å². The molecule has 0 radical (unpaired) electrons. The summed E-state index contributed by atoms with van der Waals surface area (Å²) in [4.78, 5) is 38.9. The van der Waals surface area contributed by atoms with Crippen LogP contribution in [0, 0.1) is 17.8 Å². The second kappa shape index (κ2) is 10.7. The highest BCUT2D eigenvalue weighted by Crippen LogP contribution is 2.31. The molecule has 2 atom stereocenters. The highest BCUT2D eigenvalue weighted by molar-refractivity contribution is 5.82. The first kappa shape index (κ1) is 23.8. The zero-order chi connectivity index (χ0) is 24.1. The minimum absolute atomic E-state index is 0.108. The third kappa shape index (κ3) is 5.22. The summed E-state index contributed by atoms with van der Waals surface area (Å²) in [7, 11) is 0. The van der Waals surface area contributed by atoms with Crippen molar-refractivity contribution in [3.8, 4) is 11.8 Å². The molecule has 0 bridgehead atoms. The number of piperidine rings is 1. The molecular weight excluding hydrogens is 438 g/mol. The Morgan fingerprint density at radius 1 is 1.24 bits per heavy atom. The highest BCUT2D eigenvalue weighted by atomic mass is 16.6. The van der Waals surface area contributed by atoms with Gasteiger partial charge < -0.3 is 25.4 Å². The van der Waals surface area contributed by atoms with Crippen molar-refractivity contribution in [2.75, 3.05) is 32.0 Å². The van der Waals surface area contributed by atoms with Gasteiger partial charge in [0.25, 0.3) is 0 Å². The lowest BCUT2D eigenvalue weighted by molar-refractivity contribution is -0.133. The summed E-state index contributed by atoms with van der Waals surface area (Å²) in [6, 6.07) is 0. The maximum Gasteiger partial charge on any atom is 0.409 e. The number of nitrogen functional groups attached to an aromatic ring is 1. The van der Waals surface area contributed by atoms with Crippen molar-refractivity contribution in [3.05, 3.63) is 12.2 Å². The summed E-state index contributed by atoms with van der Waals surface area (Å²) in [6.45, 7) is 5.99.